The Morgan fingerprint density at radius 2 is 1.68 bits per heavy atom. The predicted octanol–water partition coefficient (Wildman–Crippen LogP) is 1.83. The van der Waals surface area contributed by atoms with Crippen LogP contribution in [-0.2, 0) is 19.1 Å². The molecular weight excluding hydrogens is 314 g/mol. The van der Waals surface area contributed by atoms with Gasteiger partial charge < -0.3 is 14.4 Å². The monoisotopic (exact) mass is 337 g/mol. The number of hydrogen-bond acceptors (Lipinski definition) is 5. The second kappa shape index (κ2) is 7.24. The Morgan fingerprint density at radius 1 is 1.16 bits per heavy atom. The highest BCUT2D eigenvalue weighted by Gasteiger charge is 2.42. The molecule has 0 bridgehead atoms. The van der Waals surface area contributed by atoms with E-state index in [9.17, 15) is 9.59 Å². The topological polar surface area (TPSA) is 55.8 Å². The first-order valence-corrected chi connectivity index (χ1v) is 6.91. The van der Waals surface area contributed by atoms with Gasteiger partial charge in [0, 0.05) is 6.54 Å². The van der Waals surface area contributed by atoms with Crippen LogP contribution in [0, 0.1) is 5.41 Å². The van der Waals surface area contributed by atoms with Crippen LogP contribution in [0.1, 0.15) is 27.2 Å². The van der Waals surface area contributed by atoms with Gasteiger partial charge in [-0.25, -0.2) is 0 Å². The van der Waals surface area contributed by atoms with Gasteiger partial charge in [-0.05, 0) is 41.3 Å². The molecule has 0 heterocycles. The van der Waals surface area contributed by atoms with E-state index in [0.717, 1.165) is 0 Å². The van der Waals surface area contributed by atoms with Crippen molar-refractivity contribution in [1.82, 2.24) is 4.90 Å². The van der Waals surface area contributed by atoms with Gasteiger partial charge in [-0.1, -0.05) is 15.9 Å². The molecule has 0 aromatic rings. The summed E-state index contributed by atoms with van der Waals surface area (Å²) in [6.45, 7) is 6.17. The van der Waals surface area contributed by atoms with Gasteiger partial charge in [0.05, 0.1) is 12.5 Å². The van der Waals surface area contributed by atoms with Crippen LogP contribution in [0.5, 0.6) is 0 Å². The summed E-state index contributed by atoms with van der Waals surface area (Å²) in [7, 11) is 5.15. The molecule has 0 aliphatic heterocycles. The first-order valence-electron chi connectivity index (χ1n) is 6.12. The van der Waals surface area contributed by atoms with Crippen LogP contribution >= 0.6 is 15.9 Å². The molecule has 0 aromatic carbocycles. The van der Waals surface area contributed by atoms with Crippen LogP contribution in [0.25, 0.3) is 0 Å². The summed E-state index contributed by atoms with van der Waals surface area (Å²) in [5, 5.41) is 0. The molecule has 0 spiro atoms. The van der Waals surface area contributed by atoms with E-state index in [4.69, 9.17) is 9.47 Å². The number of alkyl halides is 1. The lowest BCUT2D eigenvalue weighted by Gasteiger charge is -2.29. The van der Waals surface area contributed by atoms with E-state index < -0.39 is 9.74 Å². The number of rotatable bonds is 7. The maximum Gasteiger partial charge on any atom is 0.322 e. The normalized spacial score (nSPS) is 14.9. The van der Waals surface area contributed by atoms with Gasteiger partial charge in [-0.2, -0.15) is 0 Å². The summed E-state index contributed by atoms with van der Waals surface area (Å²) in [6.07, 6.45) is 0.299. The second-order valence-corrected chi connectivity index (χ2v) is 7.44. The summed E-state index contributed by atoms with van der Waals surface area (Å²) in [4.78, 5) is 25.6. The zero-order valence-corrected chi connectivity index (χ0v) is 14.2. The van der Waals surface area contributed by atoms with Gasteiger partial charge in [0.2, 0.25) is 0 Å². The van der Waals surface area contributed by atoms with E-state index in [1.165, 1.54) is 7.11 Å². The van der Waals surface area contributed by atoms with Crippen LogP contribution in [0.4, 0.5) is 0 Å². The minimum atomic E-state index is -0.906. The first kappa shape index (κ1) is 18.4. The van der Waals surface area contributed by atoms with Crippen molar-refractivity contribution in [2.45, 2.75) is 31.5 Å². The fourth-order valence-electron chi connectivity index (χ4n) is 1.72. The van der Waals surface area contributed by atoms with E-state index in [0.29, 0.717) is 19.6 Å². The zero-order valence-electron chi connectivity index (χ0n) is 12.6. The second-order valence-electron chi connectivity index (χ2n) is 5.69. The molecule has 0 N–H and O–H groups in total. The highest BCUT2D eigenvalue weighted by Crippen LogP contribution is 2.35. The van der Waals surface area contributed by atoms with Gasteiger partial charge in [0.1, 0.15) is 10.9 Å². The molecule has 0 aliphatic carbocycles. The Hall–Kier alpha value is -0.620. The average molecular weight is 338 g/mol. The smallest absolute Gasteiger partial charge is 0.322 e. The predicted molar refractivity (Wildman–Crippen MR) is 77.3 cm³/mol. The molecule has 6 heteroatoms. The molecule has 0 aliphatic rings. The summed E-state index contributed by atoms with van der Waals surface area (Å²) in [5.74, 6) is -0.717. The molecular formula is C13H24BrNO4. The highest BCUT2D eigenvalue weighted by molar-refractivity contribution is 9.10. The number of carbonyl (C=O) groups excluding carboxylic acids is 2. The van der Waals surface area contributed by atoms with E-state index >= 15 is 0 Å². The number of ether oxygens (including phenoxy) is 2. The third-order valence-corrected chi connectivity index (χ3v) is 3.31. The third-order valence-electron chi connectivity index (χ3n) is 2.71. The molecule has 5 nitrogen and oxygen atoms in total. The minimum Gasteiger partial charge on any atom is -0.469 e. The zero-order chi connectivity index (χ0) is 15.3. The van der Waals surface area contributed by atoms with E-state index in [1.54, 1.807) is 20.8 Å². The number of esters is 2. The number of likely N-dealkylation sites (N-methyl/N-ethyl adjacent to an activating group) is 1. The molecule has 1 unspecified atom stereocenters. The fourth-order valence-corrected chi connectivity index (χ4v) is 2.54. The standard InChI is InChI=1S/C13H24BrNO4/c1-12(2,10(16)18-6)9-13(3,14)11(17)19-8-7-15(4)5/h7-9H2,1-6H3. The molecule has 0 fully saturated rings. The quantitative estimate of drug-likeness (QED) is 0.524. The number of methoxy groups -OCH3 is 1. The van der Waals surface area contributed by atoms with Crippen LogP contribution in [-0.4, -0.2) is 55.5 Å². The summed E-state index contributed by atoms with van der Waals surface area (Å²) in [5.41, 5.74) is -0.756. The lowest BCUT2D eigenvalue weighted by Crippen LogP contribution is -2.40. The molecule has 0 aromatic heterocycles. The van der Waals surface area contributed by atoms with Crippen molar-refractivity contribution < 1.29 is 19.1 Å². The summed E-state index contributed by atoms with van der Waals surface area (Å²) < 4.78 is 9.03. The fraction of sp³-hybridized carbons (Fsp3) is 0.846. The lowest BCUT2D eigenvalue weighted by molar-refractivity contribution is -0.153. The van der Waals surface area contributed by atoms with Crippen molar-refractivity contribution in [3.8, 4) is 0 Å². The number of halogens is 1. The van der Waals surface area contributed by atoms with Crippen LogP contribution in [0.3, 0.4) is 0 Å². The van der Waals surface area contributed by atoms with Crippen LogP contribution < -0.4 is 0 Å². The van der Waals surface area contributed by atoms with Gasteiger partial charge in [0.15, 0.2) is 0 Å². The van der Waals surface area contributed by atoms with Gasteiger partial charge >= 0.3 is 11.9 Å². The van der Waals surface area contributed by atoms with Crippen molar-refractivity contribution in [3.05, 3.63) is 0 Å². The minimum absolute atomic E-state index is 0.299. The Morgan fingerprint density at radius 3 is 2.11 bits per heavy atom. The molecule has 112 valence electrons. The van der Waals surface area contributed by atoms with Crippen molar-refractivity contribution >= 4 is 27.9 Å². The average Bonchev–Trinajstić information content (AvgIpc) is 2.25. The third kappa shape index (κ3) is 6.38. The molecule has 0 rings (SSSR count). The Labute approximate surface area is 123 Å². The number of carbonyl (C=O) groups is 2. The maximum atomic E-state index is 12.0. The molecule has 0 saturated heterocycles. The molecule has 0 saturated carbocycles. The molecule has 0 radical (unpaired) electrons. The van der Waals surface area contributed by atoms with Crippen molar-refractivity contribution in [1.29, 1.82) is 0 Å². The Kier molecular flexibility index (Phi) is 7.00. The van der Waals surface area contributed by atoms with Gasteiger partial charge in [0.25, 0.3) is 0 Å². The van der Waals surface area contributed by atoms with Crippen LogP contribution in [0.15, 0.2) is 0 Å². The number of hydrogen-bond donors (Lipinski definition) is 0. The summed E-state index contributed by atoms with van der Waals surface area (Å²) >= 11 is 3.35. The first-order chi connectivity index (χ1) is 8.53. The van der Waals surface area contributed by atoms with Gasteiger partial charge in [-0.15, -0.1) is 0 Å². The summed E-state index contributed by atoms with van der Waals surface area (Å²) in [6, 6.07) is 0. The SMILES string of the molecule is COC(=O)C(C)(C)CC(C)(Br)C(=O)OCCN(C)C. The van der Waals surface area contributed by atoms with E-state index in [2.05, 4.69) is 15.9 Å². The Bertz CT molecular complexity index is 327. The van der Waals surface area contributed by atoms with Crippen LogP contribution in [0.2, 0.25) is 0 Å². The van der Waals surface area contributed by atoms with E-state index in [1.807, 2.05) is 19.0 Å². The molecule has 19 heavy (non-hydrogen) atoms. The van der Waals surface area contributed by atoms with Crippen molar-refractivity contribution in [3.63, 3.8) is 0 Å². The largest absolute Gasteiger partial charge is 0.469 e. The molecule has 0 amide bonds. The number of nitrogens with zero attached hydrogens (tertiary/aromatic N) is 1. The van der Waals surface area contributed by atoms with E-state index in [-0.39, 0.29) is 11.9 Å². The molecule has 1 atom stereocenters. The highest BCUT2D eigenvalue weighted by atomic mass is 79.9. The Balaban J connectivity index is 4.52. The van der Waals surface area contributed by atoms with Crippen molar-refractivity contribution in [2.24, 2.45) is 5.41 Å². The van der Waals surface area contributed by atoms with Gasteiger partial charge in [-0.3, -0.25) is 9.59 Å². The van der Waals surface area contributed by atoms with Crippen molar-refractivity contribution in [2.75, 3.05) is 34.4 Å². The maximum absolute atomic E-state index is 12.0. The lowest BCUT2D eigenvalue weighted by atomic mass is 9.83.